The van der Waals surface area contributed by atoms with E-state index in [-0.39, 0.29) is 17.2 Å². The number of carbonyl (C=O) groups excluding carboxylic acids is 2. The van der Waals surface area contributed by atoms with Gasteiger partial charge in [-0.15, -0.1) is 0 Å². The van der Waals surface area contributed by atoms with Crippen LogP contribution < -0.4 is 10.6 Å². The van der Waals surface area contributed by atoms with Crippen LogP contribution in [0.1, 0.15) is 23.2 Å². The van der Waals surface area contributed by atoms with Crippen LogP contribution in [-0.4, -0.2) is 29.9 Å². The summed E-state index contributed by atoms with van der Waals surface area (Å²) in [5, 5.41) is 14.7. The number of nitrogens with one attached hydrogen (secondary N) is 2. The SMILES string of the molecule is CNC(=O)c1ccc(Cl)cc1NC(=O)C1CC=CCC1C(=O)O. The molecule has 2 atom stereocenters. The number of amides is 2. The summed E-state index contributed by atoms with van der Waals surface area (Å²) in [6, 6.07) is 4.52. The standard InChI is InChI=1S/C16H17ClN2O4/c1-18-14(20)12-7-6-9(17)8-13(12)19-15(21)10-4-2-3-5-11(10)16(22)23/h2-3,6-8,10-11H,4-5H2,1H3,(H,18,20)(H,19,21)(H,22,23). The maximum atomic E-state index is 12.5. The van der Waals surface area contributed by atoms with Crippen LogP contribution in [0.5, 0.6) is 0 Å². The van der Waals surface area contributed by atoms with Crippen molar-refractivity contribution in [3.05, 3.63) is 40.9 Å². The number of halogens is 1. The van der Waals surface area contributed by atoms with Gasteiger partial charge in [-0.05, 0) is 31.0 Å². The van der Waals surface area contributed by atoms with E-state index >= 15 is 0 Å². The first kappa shape index (κ1) is 17.0. The molecule has 122 valence electrons. The average Bonchev–Trinajstić information content (AvgIpc) is 2.54. The molecule has 2 unspecified atom stereocenters. The number of carbonyl (C=O) groups is 3. The third kappa shape index (κ3) is 3.90. The predicted molar refractivity (Wildman–Crippen MR) is 86.5 cm³/mol. The van der Waals surface area contributed by atoms with E-state index in [4.69, 9.17) is 11.6 Å². The van der Waals surface area contributed by atoms with Crippen LogP contribution in [0.15, 0.2) is 30.4 Å². The Morgan fingerprint density at radius 1 is 1.17 bits per heavy atom. The number of rotatable bonds is 4. The molecule has 0 saturated heterocycles. The molecule has 0 radical (unpaired) electrons. The zero-order valence-corrected chi connectivity index (χ0v) is 13.3. The summed E-state index contributed by atoms with van der Waals surface area (Å²) in [5.41, 5.74) is 0.531. The van der Waals surface area contributed by atoms with Gasteiger partial charge in [0.15, 0.2) is 0 Å². The molecule has 1 aromatic carbocycles. The molecule has 0 bridgehead atoms. The monoisotopic (exact) mass is 336 g/mol. The Balaban J connectivity index is 2.26. The third-order valence-corrected chi connectivity index (χ3v) is 4.03. The van der Waals surface area contributed by atoms with Gasteiger partial charge in [0, 0.05) is 12.1 Å². The van der Waals surface area contributed by atoms with Crippen LogP contribution >= 0.6 is 11.6 Å². The Kier molecular flexibility index (Phi) is 5.39. The van der Waals surface area contributed by atoms with Gasteiger partial charge < -0.3 is 15.7 Å². The molecule has 7 heteroatoms. The molecule has 0 aliphatic heterocycles. The van der Waals surface area contributed by atoms with Crippen molar-refractivity contribution < 1.29 is 19.5 Å². The van der Waals surface area contributed by atoms with Gasteiger partial charge in [-0.3, -0.25) is 14.4 Å². The fourth-order valence-corrected chi connectivity index (χ4v) is 2.73. The molecule has 2 amide bonds. The van der Waals surface area contributed by atoms with Crippen molar-refractivity contribution in [2.45, 2.75) is 12.8 Å². The van der Waals surface area contributed by atoms with Gasteiger partial charge in [0.2, 0.25) is 5.91 Å². The summed E-state index contributed by atoms with van der Waals surface area (Å²) in [7, 11) is 1.48. The highest BCUT2D eigenvalue weighted by molar-refractivity contribution is 6.31. The average molecular weight is 337 g/mol. The van der Waals surface area contributed by atoms with E-state index in [2.05, 4.69) is 10.6 Å². The molecular weight excluding hydrogens is 320 g/mol. The van der Waals surface area contributed by atoms with Gasteiger partial charge in [-0.1, -0.05) is 23.8 Å². The zero-order valence-electron chi connectivity index (χ0n) is 12.5. The van der Waals surface area contributed by atoms with Gasteiger partial charge in [-0.2, -0.15) is 0 Å². The molecule has 23 heavy (non-hydrogen) atoms. The number of aliphatic carboxylic acids is 1. The van der Waals surface area contributed by atoms with Crippen molar-refractivity contribution in [2.24, 2.45) is 11.8 Å². The number of carboxylic acid groups (broad SMARTS) is 1. The van der Waals surface area contributed by atoms with Crippen LogP contribution in [0.3, 0.4) is 0 Å². The van der Waals surface area contributed by atoms with Gasteiger partial charge in [0.1, 0.15) is 0 Å². The van der Waals surface area contributed by atoms with Gasteiger partial charge in [0.25, 0.3) is 5.91 Å². The molecule has 1 aliphatic carbocycles. The second-order valence-corrected chi connectivity index (χ2v) is 5.69. The molecule has 1 aromatic rings. The van der Waals surface area contributed by atoms with Crippen LogP contribution in [0.4, 0.5) is 5.69 Å². The van der Waals surface area contributed by atoms with Crippen molar-refractivity contribution in [3.63, 3.8) is 0 Å². The van der Waals surface area contributed by atoms with Crippen molar-refractivity contribution >= 4 is 35.1 Å². The van der Waals surface area contributed by atoms with Crippen molar-refractivity contribution in [2.75, 3.05) is 12.4 Å². The van der Waals surface area contributed by atoms with E-state index in [1.807, 2.05) is 0 Å². The fourth-order valence-electron chi connectivity index (χ4n) is 2.55. The van der Waals surface area contributed by atoms with Crippen LogP contribution in [0.25, 0.3) is 0 Å². The van der Waals surface area contributed by atoms with Crippen LogP contribution in [0, 0.1) is 11.8 Å². The minimum absolute atomic E-state index is 0.264. The molecule has 0 fully saturated rings. The largest absolute Gasteiger partial charge is 0.481 e. The topological polar surface area (TPSA) is 95.5 Å². The number of hydrogen-bond donors (Lipinski definition) is 3. The molecule has 0 aromatic heterocycles. The number of hydrogen-bond acceptors (Lipinski definition) is 3. The van der Waals surface area contributed by atoms with E-state index in [0.29, 0.717) is 17.9 Å². The molecule has 0 saturated carbocycles. The molecule has 0 heterocycles. The number of benzene rings is 1. The highest BCUT2D eigenvalue weighted by atomic mass is 35.5. The maximum absolute atomic E-state index is 12.5. The van der Waals surface area contributed by atoms with E-state index in [9.17, 15) is 19.5 Å². The smallest absolute Gasteiger partial charge is 0.307 e. The molecular formula is C16H17ClN2O4. The lowest BCUT2D eigenvalue weighted by Crippen LogP contribution is -2.35. The summed E-state index contributed by atoms with van der Waals surface area (Å²) in [5.74, 6) is -3.27. The lowest BCUT2D eigenvalue weighted by molar-refractivity contribution is -0.146. The molecule has 3 N–H and O–H groups in total. The summed E-state index contributed by atoms with van der Waals surface area (Å²) >= 11 is 5.92. The second-order valence-electron chi connectivity index (χ2n) is 5.25. The Morgan fingerprint density at radius 3 is 2.43 bits per heavy atom. The fraction of sp³-hybridized carbons (Fsp3) is 0.312. The van der Waals surface area contributed by atoms with Crippen molar-refractivity contribution in [1.29, 1.82) is 0 Å². The lowest BCUT2D eigenvalue weighted by atomic mass is 9.82. The second kappa shape index (κ2) is 7.28. The van der Waals surface area contributed by atoms with E-state index in [1.54, 1.807) is 18.2 Å². The Bertz CT molecular complexity index is 672. The Hall–Kier alpha value is -2.34. The quantitative estimate of drug-likeness (QED) is 0.735. The Morgan fingerprint density at radius 2 is 1.83 bits per heavy atom. The van der Waals surface area contributed by atoms with E-state index < -0.39 is 23.7 Å². The first-order valence-electron chi connectivity index (χ1n) is 7.14. The van der Waals surface area contributed by atoms with Crippen molar-refractivity contribution in [3.8, 4) is 0 Å². The normalized spacial score (nSPS) is 19.9. The summed E-state index contributed by atoms with van der Waals surface area (Å²) in [6.07, 6.45) is 4.21. The predicted octanol–water partition coefficient (Wildman–Crippen LogP) is 2.31. The van der Waals surface area contributed by atoms with Crippen LogP contribution in [-0.2, 0) is 9.59 Å². The molecule has 2 rings (SSSR count). The summed E-state index contributed by atoms with van der Waals surface area (Å²) < 4.78 is 0. The van der Waals surface area contributed by atoms with E-state index in [1.165, 1.54) is 19.2 Å². The number of anilines is 1. The summed E-state index contributed by atoms with van der Waals surface area (Å²) in [4.78, 5) is 35.6. The lowest BCUT2D eigenvalue weighted by Gasteiger charge is -2.24. The minimum Gasteiger partial charge on any atom is -0.481 e. The third-order valence-electron chi connectivity index (χ3n) is 3.80. The summed E-state index contributed by atoms with van der Waals surface area (Å²) in [6.45, 7) is 0. The molecule has 6 nitrogen and oxygen atoms in total. The van der Waals surface area contributed by atoms with Gasteiger partial charge in [0.05, 0.1) is 23.1 Å². The maximum Gasteiger partial charge on any atom is 0.307 e. The number of allylic oxidation sites excluding steroid dienone is 2. The minimum atomic E-state index is -1.01. The zero-order chi connectivity index (χ0) is 17.0. The van der Waals surface area contributed by atoms with Crippen LogP contribution in [0.2, 0.25) is 5.02 Å². The van der Waals surface area contributed by atoms with Crippen molar-refractivity contribution in [1.82, 2.24) is 5.32 Å². The first-order valence-corrected chi connectivity index (χ1v) is 7.52. The van der Waals surface area contributed by atoms with Gasteiger partial charge >= 0.3 is 5.97 Å². The van der Waals surface area contributed by atoms with Gasteiger partial charge in [-0.25, -0.2) is 0 Å². The Labute approximate surface area is 138 Å². The van der Waals surface area contributed by atoms with E-state index in [0.717, 1.165) is 0 Å². The highest BCUT2D eigenvalue weighted by Crippen LogP contribution is 2.28. The number of carboxylic acids is 1. The molecule has 0 spiro atoms. The highest BCUT2D eigenvalue weighted by Gasteiger charge is 2.34. The molecule has 1 aliphatic rings. The first-order chi connectivity index (χ1) is 10.9.